The predicted molar refractivity (Wildman–Crippen MR) is 122 cm³/mol. The van der Waals surface area contributed by atoms with E-state index in [1.807, 2.05) is 45.0 Å². The Morgan fingerprint density at radius 3 is 2.66 bits per heavy atom. The van der Waals surface area contributed by atoms with Crippen molar-refractivity contribution in [2.75, 3.05) is 18.6 Å². The van der Waals surface area contributed by atoms with Crippen molar-refractivity contribution < 1.29 is 14.6 Å². The molecule has 0 unspecified atom stereocenters. The second-order valence-electron chi connectivity index (χ2n) is 7.44. The van der Waals surface area contributed by atoms with Gasteiger partial charge in [0.25, 0.3) is 5.56 Å². The summed E-state index contributed by atoms with van der Waals surface area (Å²) in [6, 6.07) is 7.36. The number of nitrogens with one attached hydrogen (secondary N) is 2. The van der Waals surface area contributed by atoms with Gasteiger partial charge in [-0.15, -0.1) is 0 Å². The second-order valence-corrected chi connectivity index (χ2v) is 7.44. The first-order valence-electron chi connectivity index (χ1n) is 10.3. The molecule has 0 amide bonds. The van der Waals surface area contributed by atoms with E-state index in [4.69, 9.17) is 9.47 Å². The molecule has 3 N–H and O–H groups in total. The Labute approximate surface area is 184 Å². The van der Waals surface area contributed by atoms with E-state index in [-0.39, 0.29) is 36.4 Å². The number of aliphatic hydroxyl groups is 1. The van der Waals surface area contributed by atoms with Gasteiger partial charge in [0.05, 0.1) is 38.2 Å². The molecule has 3 aromatic rings. The number of aromatic nitrogens is 4. The van der Waals surface area contributed by atoms with Gasteiger partial charge in [0.2, 0.25) is 5.95 Å². The van der Waals surface area contributed by atoms with Crippen LogP contribution in [-0.2, 0) is 18.3 Å². The molecule has 172 valence electrons. The quantitative estimate of drug-likeness (QED) is 0.314. The smallest absolute Gasteiger partial charge is 0.329 e. The minimum absolute atomic E-state index is 0.0193. The molecule has 0 spiro atoms. The highest BCUT2D eigenvalue weighted by Crippen LogP contribution is 2.17. The van der Waals surface area contributed by atoms with Crippen molar-refractivity contribution in [3.8, 4) is 5.75 Å². The lowest BCUT2D eigenvalue weighted by Crippen LogP contribution is -2.30. The fraction of sp³-hybridized carbons (Fsp3) is 0.429. The van der Waals surface area contributed by atoms with Crippen LogP contribution in [0.2, 0.25) is 0 Å². The van der Waals surface area contributed by atoms with Gasteiger partial charge in [0.15, 0.2) is 11.2 Å². The Kier molecular flexibility index (Phi) is 7.44. The predicted octanol–water partition coefficient (Wildman–Crippen LogP) is 1.05. The number of aliphatic hydroxyl groups excluding tert-OH is 1. The molecule has 11 heteroatoms. The number of H-pyrrole nitrogens is 1. The van der Waals surface area contributed by atoms with Crippen LogP contribution in [-0.4, -0.2) is 55.8 Å². The van der Waals surface area contributed by atoms with Crippen LogP contribution in [0, 0.1) is 0 Å². The molecule has 2 aromatic heterocycles. The summed E-state index contributed by atoms with van der Waals surface area (Å²) in [5.74, 6) is 0.967. The number of aryl methyl sites for hydroxylation is 1. The molecule has 1 aromatic carbocycles. The Morgan fingerprint density at radius 2 is 2.00 bits per heavy atom. The lowest BCUT2D eigenvalue weighted by atomic mass is 10.2. The molecule has 0 aliphatic heterocycles. The molecule has 32 heavy (non-hydrogen) atoms. The van der Waals surface area contributed by atoms with Gasteiger partial charge >= 0.3 is 5.69 Å². The van der Waals surface area contributed by atoms with Crippen molar-refractivity contribution in [3.05, 3.63) is 50.7 Å². The first kappa shape index (κ1) is 23.2. The number of hydrazone groups is 1. The molecule has 0 saturated heterocycles. The summed E-state index contributed by atoms with van der Waals surface area (Å²) in [7, 11) is 1.50. The van der Waals surface area contributed by atoms with E-state index >= 15 is 0 Å². The first-order chi connectivity index (χ1) is 15.3. The zero-order valence-electron chi connectivity index (χ0n) is 18.5. The van der Waals surface area contributed by atoms with Crippen LogP contribution in [0.5, 0.6) is 5.75 Å². The van der Waals surface area contributed by atoms with Gasteiger partial charge in [-0.25, -0.2) is 10.2 Å². The van der Waals surface area contributed by atoms with Crippen molar-refractivity contribution in [2.45, 2.75) is 39.5 Å². The van der Waals surface area contributed by atoms with Crippen LogP contribution < -0.4 is 21.4 Å². The lowest BCUT2D eigenvalue weighted by molar-refractivity contribution is -0.000105. The van der Waals surface area contributed by atoms with Crippen molar-refractivity contribution in [1.82, 2.24) is 19.1 Å². The number of benzene rings is 1. The summed E-state index contributed by atoms with van der Waals surface area (Å²) >= 11 is 0. The third kappa shape index (κ3) is 5.42. The molecule has 1 atom stereocenters. The van der Waals surface area contributed by atoms with Crippen molar-refractivity contribution in [3.63, 3.8) is 0 Å². The minimum atomic E-state index is -0.901. The largest absolute Gasteiger partial charge is 0.494 e. The summed E-state index contributed by atoms with van der Waals surface area (Å²) in [5.41, 5.74) is 2.76. The zero-order valence-corrected chi connectivity index (χ0v) is 18.5. The van der Waals surface area contributed by atoms with Crippen LogP contribution in [0.4, 0.5) is 5.95 Å². The molecular formula is C21H28N6O5. The molecule has 0 aliphatic carbocycles. The van der Waals surface area contributed by atoms with Gasteiger partial charge in [-0.3, -0.25) is 14.3 Å². The van der Waals surface area contributed by atoms with Crippen molar-refractivity contribution in [2.24, 2.45) is 12.1 Å². The number of rotatable bonds is 10. The second kappa shape index (κ2) is 10.2. The van der Waals surface area contributed by atoms with Crippen LogP contribution in [0.25, 0.3) is 11.2 Å². The molecule has 0 fully saturated rings. The third-order valence-electron chi connectivity index (χ3n) is 4.59. The van der Waals surface area contributed by atoms with E-state index < -0.39 is 17.4 Å². The fourth-order valence-electron chi connectivity index (χ4n) is 3.05. The van der Waals surface area contributed by atoms with Gasteiger partial charge in [0, 0.05) is 7.05 Å². The average Bonchev–Trinajstić information content (AvgIpc) is 3.11. The van der Waals surface area contributed by atoms with E-state index in [1.165, 1.54) is 16.2 Å². The van der Waals surface area contributed by atoms with Crippen LogP contribution >= 0.6 is 0 Å². The first-order valence-corrected chi connectivity index (χ1v) is 10.3. The number of imidazole rings is 1. The van der Waals surface area contributed by atoms with Crippen molar-refractivity contribution >= 4 is 23.3 Å². The molecule has 0 bridgehead atoms. The van der Waals surface area contributed by atoms with E-state index in [1.54, 1.807) is 6.21 Å². The summed E-state index contributed by atoms with van der Waals surface area (Å²) in [6.45, 7) is 6.32. The molecule has 0 aliphatic rings. The maximum Gasteiger partial charge on any atom is 0.329 e. The molecule has 11 nitrogen and oxygen atoms in total. The standard InChI is InChI=1S/C21H28N6O5/c1-5-31-16-8-6-14(7-9-16)10-22-25-20-23-18-17(19(29)24-21(30)26(18)4)27(20)11-15(28)12-32-13(2)3/h6-10,13,15,28H,5,11-12H2,1-4H3,(H,23,25)(H,24,29,30)/b22-10-/t15-/m1/s1. The monoisotopic (exact) mass is 444 g/mol. The van der Waals surface area contributed by atoms with E-state index in [9.17, 15) is 14.7 Å². The highest BCUT2D eigenvalue weighted by Gasteiger charge is 2.19. The third-order valence-corrected chi connectivity index (χ3v) is 4.59. The van der Waals surface area contributed by atoms with E-state index in [0.717, 1.165) is 11.3 Å². The van der Waals surface area contributed by atoms with Crippen LogP contribution in [0.15, 0.2) is 39.0 Å². The number of fused-ring (bicyclic) bond motifs is 1. The molecule has 2 heterocycles. The number of hydrogen-bond acceptors (Lipinski definition) is 8. The summed E-state index contributed by atoms with van der Waals surface area (Å²) in [5, 5.41) is 14.6. The highest BCUT2D eigenvalue weighted by atomic mass is 16.5. The average molecular weight is 444 g/mol. The molecule has 3 rings (SSSR count). The Balaban J connectivity index is 1.90. The van der Waals surface area contributed by atoms with Gasteiger partial charge in [0.1, 0.15) is 5.75 Å². The van der Waals surface area contributed by atoms with Gasteiger partial charge in [-0.2, -0.15) is 10.1 Å². The summed E-state index contributed by atoms with van der Waals surface area (Å²) < 4.78 is 13.6. The van der Waals surface area contributed by atoms with Crippen molar-refractivity contribution in [1.29, 1.82) is 0 Å². The van der Waals surface area contributed by atoms with Gasteiger partial charge < -0.3 is 19.1 Å². The summed E-state index contributed by atoms with van der Waals surface area (Å²) in [6.07, 6.45) is 0.632. The molecular weight excluding hydrogens is 416 g/mol. The number of nitrogens with zero attached hydrogens (tertiary/aromatic N) is 4. The number of ether oxygens (including phenoxy) is 2. The topological polar surface area (TPSA) is 136 Å². The van der Waals surface area contributed by atoms with Crippen LogP contribution in [0.1, 0.15) is 26.3 Å². The number of anilines is 1. The van der Waals surface area contributed by atoms with E-state index in [0.29, 0.717) is 6.61 Å². The fourth-order valence-corrected chi connectivity index (χ4v) is 3.05. The lowest BCUT2D eigenvalue weighted by Gasteiger charge is -2.15. The SMILES string of the molecule is CCOc1ccc(/C=N\Nc2nc3c(c(=O)[nH]c(=O)n3C)n2C[C@@H](O)COC(C)C)cc1. The number of hydrogen-bond donors (Lipinski definition) is 3. The zero-order chi connectivity index (χ0) is 23.3. The number of aromatic amines is 1. The molecule has 0 radical (unpaired) electrons. The minimum Gasteiger partial charge on any atom is -0.494 e. The Morgan fingerprint density at radius 1 is 1.28 bits per heavy atom. The maximum absolute atomic E-state index is 12.5. The van der Waals surface area contributed by atoms with Gasteiger partial charge in [-0.1, -0.05) is 0 Å². The summed E-state index contributed by atoms with van der Waals surface area (Å²) in [4.78, 5) is 31.1. The highest BCUT2D eigenvalue weighted by molar-refractivity contribution is 5.80. The van der Waals surface area contributed by atoms with Crippen LogP contribution in [0.3, 0.4) is 0 Å². The Bertz CT molecular complexity index is 1190. The van der Waals surface area contributed by atoms with E-state index in [2.05, 4.69) is 20.5 Å². The Hall–Kier alpha value is -3.44. The molecule has 0 saturated carbocycles. The van der Waals surface area contributed by atoms with Gasteiger partial charge in [-0.05, 0) is 50.6 Å². The maximum atomic E-state index is 12.5. The normalized spacial score (nSPS) is 12.7.